The summed E-state index contributed by atoms with van der Waals surface area (Å²) in [5, 5.41) is 2.11. The lowest BCUT2D eigenvalue weighted by molar-refractivity contribution is 0.992. The van der Waals surface area contributed by atoms with Crippen molar-refractivity contribution in [3.63, 3.8) is 0 Å². The first-order valence-corrected chi connectivity index (χ1v) is 7.16. The highest BCUT2D eigenvalue weighted by Crippen LogP contribution is 2.34. The van der Waals surface area contributed by atoms with Gasteiger partial charge in [0, 0.05) is 9.75 Å². The van der Waals surface area contributed by atoms with Gasteiger partial charge in [0.25, 0.3) is 0 Å². The molecule has 2 aromatic rings. The van der Waals surface area contributed by atoms with Crippen molar-refractivity contribution < 1.29 is 0 Å². The van der Waals surface area contributed by atoms with Crippen LogP contribution in [0, 0.1) is 0 Å². The van der Waals surface area contributed by atoms with E-state index >= 15 is 0 Å². The van der Waals surface area contributed by atoms with Gasteiger partial charge in [-0.25, -0.2) is 0 Å². The highest BCUT2D eigenvalue weighted by Gasteiger charge is 2.11. The molecule has 2 aromatic heterocycles. The third-order valence-corrected chi connectivity index (χ3v) is 5.23. The molecule has 1 atom stereocenters. The Labute approximate surface area is 105 Å². The van der Waals surface area contributed by atoms with Crippen LogP contribution in [0.5, 0.6) is 0 Å². The van der Waals surface area contributed by atoms with Crippen molar-refractivity contribution in [3.05, 3.63) is 43.7 Å². The van der Waals surface area contributed by atoms with Gasteiger partial charge in [-0.15, -0.1) is 22.7 Å². The van der Waals surface area contributed by atoms with Gasteiger partial charge in [-0.3, -0.25) is 0 Å². The molecule has 2 rings (SSSR count). The Hall–Kier alpha value is 0.170. The Kier molecular flexibility index (Phi) is 3.66. The van der Waals surface area contributed by atoms with Crippen LogP contribution in [0.2, 0.25) is 4.34 Å². The third kappa shape index (κ3) is 2.60. The van der Waals surface area contributed by atoms with Crippen LogP contribution in [0.15, 0.2) is 29.6 Å². The van der Waals surface area contributed by atoms with Crippen LogP contribution in [0.3, 0.4) is 0 Å². The summed E-state index contributed by atoms with van der Waals surface area (Å²) in [4.78, 5) is 3.08. The van der Waals surface area contributed by atoms with Crippen LogP contribution in [0.1, 0.15) is 14.6 Å². The van der Waals surface area contributed by atoms with Crippen LogP contribution in [-0.2, 0) is 6.42 Å². The average Bonchev–Trinajstić information content (AvgIpc) is 2.75. The van der Waals surface area contributed by atoms with Gasteiger partial charge in [-0.2, -0.15) is 0 Å². The van der Waals surface area contributed by atoms with Crippen molar-refractivity contribution in [1.82, 2.24) is 0 Å². The number of halogens is 2. The minimum Gasteiger partial charge on any atom is -0.149 e. The SMILES string of the molecule is Clc1ccc(C(Br)Cc2cccs2)s1. The Morgan fingerprint density at radius 1 is 1.36 bits per heavy atom. The molecule has 0 bridgehead atoms. The number of rotatable bonds is 3. The molecule has 2 heterocycles. The number of alkyl halides is 1. The first-order valence-electron chi connectivity index (χ1n) is 4.17. The predicted molar refractivity (Wildman–Crippen MR) is 69.0 cm³/mol. The maximum Gasteiger partial charge on any atom is 0.0931 e. The summed E-state index contributed by atoms with van der Waals surface area (Å²) in [7, 11) is 0. The summed E-state index contributed by atoms with van der Waals surface area (Å²) in [6, 6.07) is 8.28. The maximum atomic E-state index is 5.89. The summed E-state index contributed by atoms with van der Waals surface area (Å²) in [5.74, 6) is 0. The molecular weight excluding hydrogens is 300 g/mol. The van der Waals surface area contributed by atoms with E-state index in [-0.39, 0.29) is 0 Å². The smallest absolute Gasteiger partial charge is 0.0931 e. The largest absolute Gasteiger partial charge is 0.149 e. The zero-order valence-electron chi connectivity index (χ0n) is 7.24. The minimum absolute atomic E-state index is 0.388. The standard InChI is InChI=1S/C10H8BrClS2/c11-8(6-7-2-1-5-13-7)9-3-4-10(12)14-9/h1-5,8H,6H2. The fourth-order valence-electron chi connectivity index (χ4n) is 1.20. The van der Waals surface area contributed by atoms with Gasteiger partial charge in [-0.05, 0) is 30.0 Å². The predicted octanol–water partition coefficient (Wildman–Crippen LogP) is 5.14. The molecule has 0 spiro atoms. The average molecular weight is 308 g/mol. The normalized spacial score (nSPS) is 13.0. The molecule has 0 aliphatic rings. The topological polar surface area (TPSA) is 0 Å². The number of thiophene rings is 2. The lowest BCUT2D eigenvalue weighted by Gasteiger charge is -2.04. The minimum atomic E-state index is 0.388. The molecule has 0 fully saturated rings. The fourth-order valence-corrected chi connectivity index (χ4v) is 3.99. The summed E-state index contributed by atoms with van der Waals surface area (Å²) in [5.41, 5.74) is 0. The molecule has 0 amide bonds. The van der Waals surface area contributed by atoms with Crippen molar-refractivity contribution in [2.75, 3.05) is 0 Å². The lowest BCUT2D eigenvalue weighted by Crippen LogP contribution is -1.89. The van der Waals surface area contributed by atoms with E-state index in [4.69, 9.17) is 11.6 Å². The highest BCUT2D eigenvalue weighted by molar-refractivity contribution is 9.09. The van der Waals surface area contributed by atoms with Crippen LogP contribution in [0.25, 0.3) is 0 Å². The molecule has 0 radical (unpaired) electrons. The first-order chi connectivity index (χ1) is 6.75. The van der Waals surface area contributed by atoms with E-state index in [0.29, 0.717) is 4.83 Å². The summed E-state index contributed by atoms with van der Waals surface area (Å²) in [6.07, 6.45) is 1.04. The van der Waals surface area contributed by atoms with Crippen LogP contribution < -0.4 is 0 Å². The molecule has 0 nitrogen and oxygen atoms in total. The van der Waals surface area contributed by atoms with Crippen LogP contribution in [0.4, 0.5) is 0 Å². The number of hydrogen-bond donors (Lipinski definition) is 0. The van der Waals surface area contributed by atoms with Gasteiger partial charge in [-0.1, -0.05) is 33.6 Å². The molecule has 0 aromatic carbocycles. The van der Waals surface area contributed by atoms with Gasteiger partial charge in [0.2, 0.25) is 0 Å². The van der Waals surface area contributed by atoms with Crippen molar-refractivity contribution in [1.29, 1.82) is 0 Å². The zero-order valence-corrected chi connectivity index (χ0v) is 11.2. The second kappa shape index (κ2) is 4.79. The Morgan fingerprint density at radius 3 is 2.79 bits per heavy atom. The summed E-state index contributed by atoms with van der Waals surface area (Å²) < 4.78 is 0.857. The number of hydrogen-bond acceptors (Lipinski definition) is 2. The molecule has 1 unspecified atom stereocenters. The van der Waals surface area contributed by atoms with Crippen molar-refractivity contribution in [2.45, 2.75) is 11.2 Å². The summed E-state index contributed by atoms with van der Waals surface area (Å²) in [6.45, 7) is 0. The van der Waals surface area contributed by atoms with Crippen LogP contribution >= 0.6 is 50.2 Å². The Bertz CT molecular complexity index is 394. The Morgan fingerprint density at radius 2 is 2.21 bits per heavy atom. The van der Waals surface area contributed by atoms with E-state index in [9.17, 15) is 0 Å². The zero-order chi connectivity index (χ0) is 9.97. The molecule has 0 saturated carbocycles. The molecule has 0 aliphatic heterocycles. The van der Waals surface area contributed by atoms with E-state index in [2.05, 4.69) is 39.5 Å². The molecule has 0 aliphatic carbocycles. The molecule has 0 saturated heterocycles. The second-order valence-electron chi connectivity index (χ2n) is 2.89. The monoisotopic (exact) mass is 306 g/mol. The van der Waals surface area contributed by atoms with Gasteiger partial charge < -0.3 is 0 Å². The van der Waals surface area contributed by atoms with E-state index in [0.717, 1.165) is 10.8 Å². The quantitative estimate of drug-likeness (QED) is 0.689. The van der Waals surface area contributed by atoms with Gasteiger partial charge in [0.1, 0.15) is 0 Å². The third-order valence-electron chi connectivity index (χ3n) is 1.86. The maximum absolute atomic E-state index is 5.89. The molecule has 0 N–H and O–H groups in total. The van der Waals surface area contributed by atoms with E-state index in [1.54, 1.807) is 22.7 Å². The first kappa shape index (κ1) is 10.7. The molecule has 74 valence electrons. The van der Waals surface area contributed by atoms with Gasteiger partial charge in [0.15, 0.2) is 0 Å². The molecule has 14 heavy (non-hydrogen) atoms. The summed E-state index contributed by atoms with van der Waals surface area (Å²) >= 11 is 13.0. The van der Waals surface area contributed by atoms with E-state index in [1.807, 2.05) is 6.07 Å². The van der Waals surface area contributed by atoms with Crippen molar-refractivity contribution in [2.24, 2.45) is 0 Å². The van der Waals surface area contributed by atoms with Crippen LogP contribution in [-0.4, -0.2) is 0 Å². The second-order valence-corrected chi connectivity index (χ2v) is 6.78. The Balaban J connectivity index is 2.06. The van der Waals surface area contributed by atoms with Crippen molar-refractivity contribution in [3.8, 4) is 0 Å². The van der Waals surface area contributed by atoms with Gasteiger partial charge in [0.05, 0.1) is 9.16 Å². The molecular formula is C10H8BrClS2. The van der Waals surface area contributed by atoms with E-state index < -0.39 is 0 Å². The molecule has 4 heteroatoms. The lowest BCUT2D eigenvalue weighted by atomic mass is 10.2. The van der Waals surface area contributed by atoms with E-state index in [1.165, 1.54) is 9.75 Å². The highest BCUT2D eigenvalue weighted by atomic mass is 79.9. The van der Waals surface area contributed by atoms with Crippen molar-refractivity contribution >= 4 is 50.2 Å². The van der Waals surface area contributed by atoms with Gasteiger partial charge >= 0.3 is 0 Å². The fraction of sp³-hybridized carbons (Fsp3) is 0.200.